The maximum atomic E-state index is 6.35. The van der Waals surface area contributed by atoms with Crippen molar-refractivity contribution >= 4 is 49.8 Å². The van der Waals surface area contributed by atoms with Crippen molar-refractivity contribution in [2.24, 2.45) is 0 Å². The fraction of sp³-hybridized carbons (Fsp3) is 0.0169. The Morgan fingerprint density at radius 1 is 0.344 bits per heavy atom. The first kappa shape index (κ1) is 35.0. The summed E-state index contributed by atoms with van der Waals surface area (Å²) in [6.07, 6.45) is 0. The second-order valence-electron chi connectivity index (χ2n) is 16.0. The minimum absolute atomic E-state index is 0.513. The highest BCUT2D eigenvalue weighted by Gasteiger charge is 2.47. The molecule has 10 aromatic carbocycles. The predicted molar refractivity (Wildman–Crippen MR) is 254 cm³/mol. The molecule has 0 saturated heterocycles. The van der Waals surface area contributed by atoms with Gasteiger partial charge in [0.15, 0.2) is 0 Å². The van der Waals surface area contributed by atoms with Gasteiger partial charge in [0.05, 0.1) is 11.1 Å². The smallest absolute Gasteiger partial charge is 0.135 e. The maximum absolute atomic E-state index is 6.35. The third-order valence-corrected chi connectivity index (χ3v) is 12.7. The number of rotatable bonds is 7. The van der Waals surface area contributed by atoms with E-state index in [0.717, 1.165) is 39.0 Å². The second-order valence-corrected chi connectivity index (χ2v) is 16.0. The highest BCUT2D eigenvalue weighted by Crippen LogP contribution is 2.59. The van der Waals surface area contributed by atoms with Crippen molar-refractivity contribution in [2.75, 3.05) is 4.90 Å². The Bertz CT molecular complexity index is 3380. The number of nitrogens with zero attached hydrogens (tertiary/aromatic N) is 1. The SMILES string of the molecule is c1ccc(C2(c3ccccc3)c3ccccc3-c3c(N(c4ccc(-c5cccc(-c6ccc7ccccc7c6)c5)cc4)c4ccc5oc6ccccc6c5c4)cccc32)cc1. The van der Waals surface area contributed by atoms with Gasteiger partial charge in [0.1, 0.15) is 11.2 Å². The van der Waals surface area contributed by atoms with Gasteiger partial charge in [-0.15, -0.1) is 0 Å². The molecule has 0 aliphatic heterocycles. The molecule has 1 aliphatic carbocycles. The Morgan fingerprint density at radius 3 is 1.74 bits per heavy atom. The minimum atomic E-state index is -0.513. The molecule has 0 spiro atoms. The Morgan fingerprint density at radius 2 is 0.934 bits per heavy atom. The molecule has 0 N–H and O–H groups in total. The van der Waals surface area contributed by atoms with Crippen LogP contribution in [0.15, 0.2) is 241 Å². The van der Waals surface area contributed by atoms with Gasteiger partial charge in [-0.2, -0.15) is 0 Å². The number of hydrogen-bond acceptors (Lipinski definition) is 2. The monoisotopic (exact) mass is 777 g/mol. The fourth-order valence-corrected chi connectivity index (χ4v) is 9.99. The molecule has 0 radical (unpaired) electrons. The van der Waals surface area contributed by atoms with Crippen LogP contribution in [0.25, 0.3) is 66.1 Å². The number of furan rings is 1. The van der Waals surface area contributed by atoms with E-state index in [-0.39, 0.29) is 0 Å². The summed E-state index contributed by atoms with van der Waals surface area (Å²) < 4.78 is 6.35. The maximum Gasteiger partial charge on any atom is 0.135 e. The van der Waals surface area contributed by atoms with E-state index < -0.39 is 5.41 Å². The molecule has 0 fully saturated rings. The van der Waals surface area contributed by atoms with Gasteiger partial charge in [0, 0.05) is 27.7 Å². The van der Waals surface area contributed by atoms with Gasteiger partial charge in [-0.3, -0.25) is 0 Å². The molecule has 1 heterocycles. The summed E-state index contributed by atoms with van der Waals surface area (Å²) in [7, 11) is 0. The Hall–Kier alpha value is -7.94. The summed E-state index contributed by atoms with van der Waals surface area (Å²) in [6.45, 7) is 0. The molecule has 0 atom stereocenters. The highest BCUT2D eigenvalue weighted by molar-refractivity contribution is 6.07. The molecule has 0 bridgehead atoms. The van der Waals surface area contributed by atoms with Crippen LogP contribution < -0.4 is 4.90 Å². The largest absolute Gasteiger partial charge is 0.456 e. The molecule has 1 aliphatic rings. The van der Waals surface area contributed by atoms with Crippen LogP contribution in [-0.4, -0.2) is 0 Å². The minimum Gasteiger partial charge on any atom is -0.456 e. The molecule has 1 aromatic heterocycles. The predicted octanol–water partition coefficient (Wildman–Crippen LogP) is 15.9. The zero-order valence-electron chi connectivity index (χ0n) is 33.4. The second kappa shape index (κ2) is 14.1. The lowest BCUT2D eigenvalue weighted by atomic mass is 9.68. The van der Waals surface area contributed by atoms with Crippen LogP contribution in [0.2, 0.25) is 0 Å². The van der Waals surface area contributed by atoms with Crippen LogP contribution in [-0.2, 0) is 5.41 Å². The molecule has 11 aromatic rings. The number of para-hydroxylation sites is 1. The Labute approximate surface area is 355 Å². The lowest BCUT2D eigenvalue weighted by molar-refractivity contribution is 0.669. The summed E-state index contributed by atoms with van der Waals surface area (Å²) in [4.78, 5) is 2.44. The molecule has 0 amide bonds. The standard InChI is InChI=1S/C59H39NO/c1-3-19-46(20-4-1)59(47-21-5-2-6-22-47)53-25-11-9-24-51(53)58-54(59)26-14-27-55(58)60(49-35-36-57-52(39-49)50-23-10-12-28-56(50)61-57)48-33-31-41(32-34-48)43-17-13-18-44(37-43)45-30-29-40-15-7-8-16-42(40)38-45/h1-39H. The first-order valence-electron chi connectivity index (χ1n) is 21.0. The molecule has 286 valence electrons. The van der Waals surface area contributed by atoms with Crippen molar-refractivity contribution in [3.8, 4) is 33.4 Å². The number of fused-ring (bicyclic) bond motifs is 7. The average molecular weight is 778 g/mol. The molecule has 0 saturated carbocycles. The van der Waals surface area contributed by atoms with Gasteiger partial charge in [-0.05, 0) is 115 Å². The van der Waals surface area contributed by atoms with Crippen LogP contribution in [0.4, 0.5) is 17.1 Å². The Balaban J connectivity index is 1.05. The third-order valence-electron chi connectivity index (χ3n) is 12.7. The topological polar surface area (TPSA) is 16.4 Å². The van der Waals surface area contributed by atoms with Crippen molar-refractivity contribution in [3.05, 3.63) is 259 Å². The summed E-state index contributed by atoms with van der Waals surface area (Å²) in [5.41, 5.74) is 16.8. The van der Waals surface area contributed by atoms with Gasteiger partial charge >= 0.3 is 0 Å². The van der Waals surface area contributed by atoms with Crippen LogP contribution >= 0.6 is 0 Å². The molecule has 12 rings (SSSR count). The van der Waals surface area contributed by atoms with E-state index in [4.69, 9.17) is 4.42 Å². The van der Waals surface area contributed by atoms with Gasteiger partial charge in [-0.1, -0.05) is 182 Å². The van der Waals surface area contributed by atoms with Gasteiger partial charge < -0.3 is 9.32 Å². The highest BCUT2D eigenvalue weighted by atomic mass is 16.3. The van der Waals surface area contributed by atoms with Crippen molar-refractivity contribution < 1.29 is 4.42 Å². The van der Waals surface area contributed by atoms with Crippen LogP contribution in [0.3, 0.4) is 0 Å². The van der Waals surface area contributed by atoms with E-state index in [0.29, 0.717) is 0 Å². The molecular weight excluding hydrogens is 739 g/mol. The van der Waals surface area contributed by atoms with Crippen LogP contribution in [0, 0.1) is 0 Å². The van der Waals surface area contributed by atoms with E-state index in [1.54, 1.807) is 0 Å². The molecule has 61 heavy (non-hydrogen) atoms. The van der Waals surface area contributed by atoms with E-state index in [1.165, 1.54) is 66.4 Å². The summed E-state index contributed by atoms with van der Waals surface area (Å²) >= 11 is 0. The lowest BCUT2D eigenvalue weighted by Gasteiger charge is -2.34. The van der Waals surface area contributed by atoms with Crippen LogP contribution in [0.1, 0.15) is 22.3 Å². The number of benzene rings is 10. The average Bonchev–Trinajstić information content (AvgIpc) is 3.86. The van der Waals surface area contributed by atoms with E-state index in [1.807, 2.05) is 12.1 Å². The normalized spacial score (nSPS) is 12.7. The van der Waals surface area contributed by atoms with Gasteiger partial charge in [0.25, 0.3) is 0 Å². The van der Waals surface area contributed by atoms with Crippen LogP contribution in [0.5, 0.6) is 0 Å². The van der Waals surface area contributed by atoms with E-state index in [9.17, 15) is 0 Å². The van der Waals surface area contributed by atoms with Crippen molar-refractivity contribution in [3.63, 3.8) is 0 Å². The summed E-state index contributed by atoms with van der Waals surface area (Å²) in [5.74, 6) is 0. The van der Waals surface area contributed by atoms with Gasteiger partial charge in [0.2, 0.25) is 0 Å². The Kier molecular flexibility index (Phi) is 8.11. The fourth-order valence-electron chi connectivity index (χ4n) is 9.99. The number of anilines is 3. The first-order valence-corrected chi connectivity index (χ1v) is 21.0. The van der Waals surface area contributed by atoms with Gasteiger partial charge in [-0.25, -0.2) is 0 Å². The van der Waals surface area contributed by atoms with Crippen molar-refractivity contribution in [2.45, 2.75) is 5.41 Å². The summed E-state index contributed by atoms with van der Waals surface area (Å²) in [6, 6.07) is 86.1. The van der Waals surface area contributed by atoms with E-state index >= 15 is 0 Å². The quantitative estimate of drug-likeness (QED) is 0.160. The molecule has 2 nitrogen and oxygen atoms in total. The lowest BCUT2D eigenvalue weighted by Crippen LogP contribution is -2.28. The molecule has 0 unspecified atom stereocenters. The van der Waals surface area contributed by atoms with Crippen molar-refractivity contribution in [1.29, 1.82) is 0 Å². The third kappa shape index (κ3) is 5.57. The zero-order chi connectivity index (χ0) is 40.3. The zero-order valence-corrected chi connectivity index (χ0v) is 33.4. The number of hydrogen-bond donors (Lipinski definition) is 0. The van der Waals surface area contributed by atoms with E-state index in [2.05, 4.69) is 229 Å². The summed E-state index contributed by atoms with van der Waals surface area (Å²) in [5, 5.41) is 4.70. The first-order chi connectivity index (χ1) is 30.2. The molecule has 2 heteroatoms. The molecular formula is C59H39NO. The van der Waals surface area contributed by atoms with Crippen molar-refractivity contribution in [1.82, 2.24) is 0 Å².